The van der Waals surface area contributed by atoms with E-state index in [9.17, 15) is 4.79 Å². The fourth-order valence-electron chi connectivity index (χ4n) is 4.30. The van der Waals surface area contributed by atoms with Crippen molar-refractivity contribution in [2.75, 3.05) is 7.05 Å². The van der Waals surface area contributed by atoms with Crippen LogP contribution in [0.3, 0.4) is 0 Å². The molecule has 0 saturated carbocycles. The molecule has 2 aromatic rings. The molecule has 2 heterocycles. The van der Waals surface area contributed by atoms with Crippen LogP contribution in [0.1, 0.15) is 37.6 Å². The number of carbonyl (C=O) groups is 1. The molecule has 2 aliphatic heterocycles. The zero-order valence-corrected chi connectivity index (χ0v) is 15.9. The van der Waals surface area contributed by atoms with Crippen LogP contribution in [0.15, 0.2) is 54.5 Å². The van der Waals surface area contributed by atoms with Crippen LogP contribution in [-0.4, -0.2) is 30.0 Å². The van der Waals surface area contributed by atoms with Gasteiger partial charge in [-0.2, -0.15) is 0 Å². The van der Waals surface area contributed by atoms with Crippen molar-refractivity contribution < 1.29 is 16.4 Å². The van der Waals surface area contributed by atoms with E-state index in [-0.39, 0.29) is 24.4 Å². The summed E-state index contributed by atoms with van der Waals surface area (Å²) in [5.74, 6) is -1.57. The van der Waals surface area contributed by atoms with Gasteiger partial charge in [-0.05, 0) is 56.1 Å². The fourth-order valence-corrected chi connectivity index (χ4v) is 4.43. The first kappa shape index (κ1) is 13.6. The lowest BCUT2D eigenvalue weighted by atomic mass is 9.76. The molecule has 0 unspecified atom stereocenters. The van der Waals surface area contributed by atoms with Crippen molar-refractivity contribution in [2.45, 2.75) is 37.3 Å². The van der Waals surface area contributed by atoms with Crippen molar-refractivity contribution in [1.29, 1.82) is 0 Å². The maximum Gasteiger partial charge on any atom is 0.316 e. The molecule has 0 aliphatic carbocycles. The van der Waals surface area contributed by atoms with Gasteiger partial charge in [0.25, 0.3) is 0 Å². The van der Waals surface area contributed by atoms with Crippen LogP contribution in [0.25, 0.3) is 0 Å². The van der Waals surface area contributed by atoms with Gasteiger partial charge in [0.05, 0.1) is 12.8 Å². The zero-order valence-electron chi connectivity index (χ0n) is 19.3. The maximum absolute atomic E-state index is 13.4. The van der Waals surface area contributed by atoms with E-state index >= 15 is 0 Å². The molecular formula is C21H23Cl2NO2. The molecule has 2 fully saturated rings. The average molecular weight is 397 g/mol. The van der Waals surface area contributed by atoms with Gasteiger partial charge < -0.3 is 4.74 Å². The molecule has 2 saturated heterocycles. The first-order valence-electron chi connectivity index (χ1n) is 11.0. The zero-order chi connectivity index (χ0) is 21.7. The maximum atomic E-state index is 13.4. The lowest BCUT2D eigenvalue weighted by Crippen LogP contribution is -2.49. The summed E-state index contributed by atoms with van der Waals surface area (Å²) in [5.41, 5.74) is 0.993. The van der Waals surface area contributed by atoms with Crippen LogP contribution in [0.4, 0.5) is 0 Å². The fraction of sp³-hybridized carbons (Fsp3) is 0.381. The standard InChI is InChI=1S/C21H22ClNO2.ClH/c1-23-16-11-12-19(23)20(21(24)25-17-5-3-2-4-6-17)18(13-16)14-7-9-15(22)10-8-14;/h2-10,16,18-20H,11-13H2,1H3;1H/t16-,18+,19+,20-;/m0./s1/i2D,3D,4D,5D,6D;. The molecule has 2 aromatic carbocycles. The highest BCUT2D eigenvalue weighted by Gasteiger charge is 2.49. The van der Waals surface area contributed by atoms with Crippen LogP contribution >= 0.6 is 24.0 Å². The molecule has 26 heavy (non-hydrogen) atoms. The molecule has 138 valence electrons. The molecule has 2 bridgehead atoms. The van der Waals surface area contributed by atoms with Crippen LogP contribution < -0.4 is 4.74 Å². The largest absolute Gasteiger partial charge is 0.426 e. The van der Waals surface area contributed by atoms with Crippen LogP contribution in [0.2, 0.25) is 5.02 Å². The van der Waals surface area contributed by atoms with Crippen LogP contribution in [0.5, 0.6) is 5.75 Å². The van der Waals surface area contributed by atoms with Gasteiger partial charge in [-0.25, -0.2) is 0 Å². The molecular weight excluding hydrogens is 369 g/mol. The second-order valence-electron chi connectivity index (χ2n) is 6.76. The molecule has 0 amide bonds. The van der Waals surface area contributed by atoms with Gasteiger partial charge in [0, 0.05) is 23.0 Å². The van der Waals surface area contributed by atoms with Gasteiger partial charge in [0.15, 0.2) is 0 Å². The number of rotatable bonds is 3. The first-order chi connectivity index (χ1) is 14.2. The Balaban J connectivity index is 0.00000272. The van der Waals surface area contributed by atoms with Crippen molar-refractivity contribution >= 4 is 30.0 Å². The van der Waals surface area contributed by atoms with E-state index in [4.69, 9.17) is 23.2 Å². The van der Waals surface area contributed by atoms with E-state index in [1.165, 1.54) is 0 Å². The highest BCUT2D eigenvalue weighted by Crippen LogP contribution is 2.46. The number of esters is 1. The van der Waals surface area contributed by atoms with Crippen LogP contribution in [-0.2, 0) is 4.79 Å². The lowest BCUT2D eigenvalue weighted by Gasteiger charge is -2.41. The number of ether oxygens (including phenoxy) is 1. The number of fused-ring (bicyclic) bond motifs is 2. The van der Waals surface area contributed by atoms with Gasteiger partial charge in [-0.1, -0.05) is 41.9 Å². The van der Waals surface area contributed by atoms with Gasteiger partial charge in [0.2, 0.25) is 0 Å². The predicted molar refractivity (Wildman–Crippen MR) is 106 cm³/mol. The predicted octanol–water partition coefficient (Wildman–Crippen LogP) is 4.93. The Kier molecular flexibility index (Phi) is 4.18. The molecule has 0 spiro atoms. The Labute approximate surface area is 172 Å². The molecule has 2 aliphatic rings. The second-order valence-corrected chi connectivity index (χ2v) is 7.20. The van der Waals surface area contributed by atoms with E-state index in [0.29, 0.717) is 11.1 Å². The molecule has 0 radical (unpaired) electrons. The summed E-state index contributed by atoms with van der Waals surface area (Å²) in [6.45, 7) is 0. The van der Waals surface area contributed by atoms with Crippen molar-refractivity contribution in [1.82, 2.24) is 4.90 Å². The minimum Gasteiger partial charge on any atom is -0.426 e. The van der Waals surface area contributed by atoms with E-state index < -0.39 is 47.8 Å². The lowest BCUT2D eigenvalue weighted by molar-refractivity contribution is -0.143. The van der Waals surface area contributed by atoms with E-state index in [1.54, 1.807) is 12.1 Å². The van der Waals surface area contributed by atoms with Crippen molar-refractivity contribution in [3.8, 4) is 5.75 Å². The van der Waals surface area contributed by atoms with Crippen molar-refractivity contribution in [3.63, 3.8) is 0 Å². The summed E-state index contributed by atoms with van der Waals surface area (Å²) >= 11 is 6.03. The second kappa shape index (κ2) is 7.99. The summed E-state index contributed by atoms with van der Waals surface area (Å²) in [5, 5.41) is 0.618. The van der Waals surface area contributed by atoms with E-state index in [0.717, 1.165) is 24.8 Å². The van der Waals surface area contributed by atoms with E-state index in [2.05, 4.69) is 4.90 Å². The van der Waals surface area contributed by atoms with Crippen molar-refractivity contribution in [2.24, 2.45) is 5.92 Å². The number of halogens is 2. The Morgan fingerprint density at radius 1 is 1.19 bits per heavy atom. The Bertz CT molecular complexity index is 975. The number of para-hydroxylation sites is 1. The number of carbonyl (C=O) groups excluding carboxylic acids is 1. The number of nitrogens with zero attached hydrogens (tertiary/aromatic N) is 1. The van der Waals surface area contributed by atoms with Gasteiger partial charge in [0.1, 0.15) is 5.75 Å². The monoisotopic (exact) mass is 396 g/mol. The highest BCUT2D eigenvalue weighted by molar-refractivity contribution is 6.30. The summed E-state index contributed by atoms with van der Waals surface area (Å²) in [6.07, 6.45) is 2.63. The minimum atomic E-state index is -0.564. The summed E-state index contributed by atoms with van der Waals surface area (Å²) < 4.78 is 45.0. The third-order valence-corrected chi connectivity index (χ3v) is 5.77. The summed E-state index contributed by atoms with van der Waals surface area (Å²) in [6, 6.07) is 5.22. The normalized spacial score (nSPS) is 30.3. The van der Waals surface area contributed by atoms with Gasteiger partial charge in [-0.3, -0.25) is 9.69 Å². The molecule has 4 atom stereocenters. The van der Waals surface area contributed by atoms with Gasteiger partial charge >= 0.3 is 5.97 Å². The van der Waals surface area contributed by atoms with Crippen LogP contribution in [0, 0.1) is 5.92 Å². The smallest absolute Gasteiger partial charge is 0.316 e. The minimum absolute atomic E-state index is 0. The third-order valence-electron chi connectivity index (χ3n) is 5.52. The summed E-state index contributed by atoms with van der Waals surface area (Å²) in [4.78, 5) is 15.6. The Hall–Kier alpha value is -1.55. The Morgan fingerprint density at radius 3 is 2.58 bits per heavy atom. The number of piperidine rings is 1. The quantitative estimate of drug-likeness (QED) is 0.543. The van der Waals surface area contributed by atoms with Crippen molar-refractivity contribution in [3.05, 3.63) is 65.1 Å². The average Bonchev–Trinajstić information content (AvgIpc) is 2.96. The van der Waals surface area contributed by atoms with E-state index in [1.807, 2.05) is 19.2 Å². The first-order valence-corrected chi connectivity index (χ1v) is 8.84. The number of hydrogen-bond acceptors (Lipinski definition) is 3. The molecule has 3 nitrogen and oxygen atoms in total. The summed E-state index contributed by atoms with van der Waals surface area (Å²) in [7, 11) is 2.01. The van der Waals surface area contributed by atoms with Gasteiger partial charge in [-0.15, -0.1) is 12.4 Å². The number of benzene rings is 2. The molecule has 4 rings (SSSR count). The SMILES string of the molecule is Cl.[2H]c1c([2H])c([2H])c(OC(=O)[C@H]2[C@@H](c3ccc(Cl)cc3)C[C@@H]3CC[C@H]2N3C)c([2H])c1[2H]. The molecule has 5 heteroatoms. The topological polar surface area (TPSA) is 29.5 Å². The number of hydrogen-bond donors (Lipinski definition) is 0. The molecule has 0 N–H and O–H groups in total. The third kappa shape index (κ3) is 3.62. The highest BCUT2D eigenvalue weighted by atomic mass is 35.5. The Morgan fingerprint density at radius 2 is 1.88 bits per heavy atom. The molecule has 0 aromatic heterocycles.